The zero-order valence-electron chi connectivity index (χ0n) is 15.0. The van der Waals surface area contributed by atoms with Gasteiger partial charge in [0.15, 0.2) is 10.9 Å². The van der Waals surface area contributed by atoms with Crippen molar-refractivity contribution < 1.29 is 9.15 Å². The number of furan rings is 1. The molecule has 28 heavy (non-hydrogen) atoms. The number of fused-ring (bicyclic) bond motifs is 1. The Hall–Kier alpha value is -2.78. The number of aromatic amines is 2. The molecule has 4 aromatic heterocycles. The second-order valence-corrected chi connectivity index (χ2v) is 7.82. The fraction of sp³-hybridized carbons (Fsp3) is 0.211. The molecule has 7 nitrogen and oxygen atoms in total. The van der Waals surface area contributed by atoms with Gasteiger partial charge in [-0.2, -0.15) is 0 Å². The maximum atomic E-state index is 12.6. The SMILES string of the molecule is CCCOc1c[nH]c(CSc2nc3scc(-c4ccco4)c3c(=O)[nH]2)cc1=O. The van der Waals surface area contributed by atoms with Gasteiger partial charge in [0, 0.05) is 34.7 Å². The van der Waals surface area contributed by atoms with Crippen molar-refractivity contribution in [2.45, 2.75) is 24.3 Å². The Morgan fingerprint density at radius 1 is 1.36 bits per heavy atom. The van der Waals surface area contributed by atoms with Gasteiger partial charge < -0.3 is 19.1 Å². The first kappa shape index (κ1) is 18.6. The van der Waals surface area contributed by atoms with E-state index in [4.69, 9.17) is 9.15 Å². The third-order valence-electron chi connectivity index (χ3n) is 3.97. The Kier molecular flexibility index (Phi) is 5.36. The van der Waals surface area contributed by atoms with Gasteiger partial charge in [0.25, 0.3) is 5.56 Å². The summed E-state index contributed by atoms with van der Waals surface area (Å²) in [5, 5.41) is 2.89. The Bertz CT molecular complexity index is 1210. The summed E-state index contributed by atoms with van der Waals surface area (Å²) in [6.45, 7) is 2.48. The maximum absolute atomic E-state index is 12.6. The lowest BCUT2D eigenvalue weighted by Gasteiger charge is -2.05. The van der Waals surface area contributed by atoms with Gasteiger partial charge in [0.2, 0.25) is 5.43 Å². The monoisotopic (exact) mass is 415 g/mol. The summed E-state index contributed by atoms with van der Waals surface area (Å²) >= 11 is 2.74. The molecule has 0 saturated carbocycles. The van der Waals surface area contributed by atoms with Gasteiger partial charge in [-0.1, -0.05) is 18.7 Å². The maximum Gasteiger partial charge on any atom is 0.261 e. The summed E-state index contributed by atoms with van der Waals surface area (Å²) in [5.41, 5.74) is 1.09. The van der Waals surface area contributed by atoms with Gasteiger partial charge in [-0.3, -0.25) is 9.59 Å². The summed E-state index contributed by atoms with van der Waals surface area (Å²) < 4.78 is 10.8. The van der Waals surface area contributed by atoms with Crippen LogP contribution in [0.1, 0.15) is 19.0 Å². The summed E-state index contributed by atoms with van der Waals surface area (Å²) in [7, 11) is 0. The lowest BCUT2D eigenvalue weighted by atomic mass is 10.2. The fourth-order valence-corrected chi connectivity index (χ4v) is 4.43. The third-order valence-corrected chi connectivity index (χ3v) is 5.77. The van der Waals surface area contributed by atoms with E-state index in [2.05, 4.69) is 15.0 Å². The van der Waals surface area contributed by atoms with Crippen LogP contribution in [0.4, 0.5) is 0 Å². The molecule has 4 aromatic rings. The normalized spacial score (nSPS) is 11.2. The second kappa shape index (κ2) is 8.07. The van der Waals surface area contributed by atoms with Crippen molar-refractivity contribution in [2.75, 3.05) is 6.61 Å². The molecule has 0 fully saturated rings. The molecule has 0 spiro atoms. The Morgan fingerprint density at radius 2 is 2.25 bits per heavy atom. The number of hydrogen-bond acceptors (Lipinski definition) is 7. The van der Waals surface area contributed by atoms with E-state index < -0.39 is 0 Å². The fourth-order valence-electron chi connectivity index (χ4n) is 2.67. The molecule has 0 bridgehead atoms. The highest BCUT2D eigenvalue weighted by atomic mass is 32.2. The van der Waals surface area contributed by atoms with Crippen LogP contribution in [0.25, 0.3) is 21.5 Å². The highest BCUT2D eigenvalue weighted by molar-refractivity contribution is 7.98. The van der Waals surface area contributed by atoms with Crippen LogP contribution in [-0.4, -0.2) is 21.6 Å². The van der Waals surface area contributed by atoms with Crippen LogP contribution in [-0.2, 0) is 5.75 Å². The molecule has 0 aliphatic rings. The van der Waals surface area contributed by atoms with E-state index in [1.807, 2.05) is 18.4 Å². The number of nitrogens with one attached hydrogen (secondary N) is 2. The quantitative estimate of drug-likeness (QED) is 0.349. The average molecular weight is 415 g/mol. The minimum absolute atomic E-state index is 0.166. The summed E-state index contributed by atoms with van der Waals surface area (Å²) in [5.74, 6) is 1.42. The number of aromatic nitrogens is 3. The van der Waals surface area contributed by atoms with E-state index in [1.165, 1.54) is 29.2 Å². The molecule has 4 heterocycles. The number of thioether (sulfide) groups is 1. The van der Waals surface area contributed by atoms with E-state index in [1.54, 1.807) is 18.5 Å². The Balaban J connectivity index is 1.54. The van der Waals surface area contributed by atoms with Crippen LogP contribution in [0.15, 0.2) is 55.2 Å². The molecular weight excluding hydrogens is 398 g/mol. The van der Waals surface area contributed by atoms with E-state index in [0.717, 1.165) is 17.7 Å². The zero-order valence-corrected chi connectivity index (χ0v) is 16.6. The smallest absolute Gasteiger partial charge is 0.261 e. The Morgan fingerprint density at radius 3 is 3.00 bits per heavy atom. The van der Waals surface area contributed by atoms with Crippen LogP contribution in [0.5, 0.6) is 5.75 Å². The molecule has 4 rings (SSSR count). The lowest BCUT2D eigenvalue weighted by Crippen LogP contribution is -2.10. The van der Waals surface area contributed by atoms with Crippen LogP contribution in [0.2, 0.25) is 0 Å². The van der Waals surface area contributed by atoms with Gasteiger partial charge in [0.05, 0.1) is 18.3 Å². The van der Waals surface area contributed by atoms with Crippen molar-refractivity contribution in [3.63, 3.8) is 0 Å². The van der Waals surface area contributed by atoms with Crippen LogP contribution in [0.3, 0.4) is 0 Å². The van der Waals surface area contributed by atoms with Crippen molar-refractivity contribution in [1.82, 2.24) is 15.0 Å². The number of rotatable bonds is 7. The van der Waals surface area contributed by atoms with Crippen LogP contribution < -0.4 is 15.7 Å². The lowest BCUT2D eigenvalue weighted by molar-refractivity contribution is 0.313. The Labute approximate surface area is 167 Å². The summed E-state index contributed by atoms with van der Waals surface area (Å²) in [6, 6.07) is 5.10. The minimum atomic E-state index is -0.211. The van der Waals surface area contributed by atoms with Crippen LogP contribution in [0, 0.1) is 0 Å². The molecule has 0 amide bonds. The number of hydrogen-bond donors (Lipinski definition) is 2. The highest BCUT2D eigenvalue weighted by Crippen LogP contribution is 2.32. The van der Waals surface area contributed by atoms with Crippen molar-refractivity contribution >= 4 is 33.3 Å². The molecule has 2 N–H and O–H groups in total. The number of nitrogens with zero attached hydrogens (tertiary/aromatic N) is 1. The van der Waals surface area contributed by atoms with Gasteiger partial charge >= 0.3 is 0 Å². The van der Waals surface area contributed by atoms with Crippen molar-refractivity contribution in [3.05, 3.63) is 62.3 Å². The number of pyridine rings is 1. The highest BCUT2D eigenvalue weighted by Gasteiger charge is 2.15. The summed E-state index contributed by atoms with van der Waals surface area (Å²) in [4.78, 5) is 35.7. The average Bonchev–Trinajstić information content (AvgIpc) is 3.35. The number of thiophene rings is 1. The third kappa shape index (κ3) is 3.76. The standard InChI is InChI=1S/C19H17N3O4S2/c1-2-5-25-15-8-20-11(7-13(15)23)9-28-19-21-17(24)16-12(10-27-18(16)22-19)14-4-3-6-26-14/h3-4,6-8,10H,2,5,9H2,1H3,(H,20,23)(H,21,22,24). The first-order valence-corrected chi connectivity index (χ1v) is 10.5. The van der Waals surface area contributed by atoms with Gasteiger partial charge in [-0.05, 0) is 18.6 Å². The van der Waals surface area contributed by atoms with E-state index in [0.29, 0.717) is 39.2 Å². The zero-order chi connectivity index (χ0) is 19.5. The minimum Gasteiger partial charge on any atom is -0.488 e. The second-order valence-electron chi connectivity index (χ2n) is 6.00. The van der Waals surface area contributed by atoms with Crippen LogP contribution >= 0.6 is 23.1 Å². The van der Waals surface area contributed by atoms with E-state index in [-0.39, 0.29) is 11.0 Å². The molecule has 0 saturated heterocycles. The topological polar surface area (TPSA) is 101 Å². The number of ether oxygens (including phenoxy) is 1. The molecule has 0 aromatic carbocycles. The molecule has 0 unspecified atom stereocenters. The first-order chi connectivity index (χ1) is 13.7. The van der Waals surface area contributed by atoms with Gasteiger partial charge in [-0.15, -0.1) is 11.3 Å². The van der Waals surface area contributed by atoms with Gasteiger partial charge in [-0.25, -0.2) is 4.98 Å². The molecule has 0 aliphatic heterocycles. The molecule has 9 heteroatoms. The predicted octanol–water partition coefficient (Wildman–Crippen LogP) is 4.01. The van der Waals surface area contributed by atoms with E-state index >= 15 is 0 Å². The molecule has 144 valence electrons. The first-order valence-electron chi connectivity index (χ1n) is 8.68. The molecular formula is C19H17N3O4S2. The van der Waals surface area contributed by atoms with E-state index in [9.17, 15) is 9.59 Å². The molecule has 0 radical (unpaired) electrons. The largest absolute Gasteiger partial charge is 0.488 e. The number of H-pyrrole nitrogens is 2. The van der Waals surface area contributed by atoms with Gasteiger partial charge in [0.1, 0.15) is 10.6 Å². The molecule has 0 atom stereocenters. The van der Waals surface area contributed by atoms with Crippen molar-refractivity contribution in [3.8, 4) is 17.1 Å². The predicted molar refractivity (Wildman–Crippen MR) is 110 cm³/mol. The van der Waals surface area contributed by atoms with Crippen molar-refractivity contribution in [1.29, 1.82) is 0 Å². The molecule has 0 aliphatic carbocycles. The summed E-state index contributed by atoms with van der Waals surface area (Å²) in [6.07, 6.45) is 3.98. The van der Waals surface area contributed by atoms with Crippen molar-refractivity contribution in [2.24, 2.45) is 0 Å².